The normalized spacial score (nSPS) is 16.2. The molecule has 3 amide bonds. The van der Waals surface area contributed by atoms with Crippen molar-refractivity contribution in [1.82, 2.24) is 10.6 Å². The first-order valence-corrected chi connectivity index (χ1v) is 7.55. The maximum atomic E-state index is 12.3. The van der Waals surface area contributed by atoms with E-state index >= 15 is 0 Å². The fourth-order valence-electron chi connectivity index (χ4n) is 1.84. The van der Waals surface area contributed by atoms with E-state index in [1.54, 1.807) is 41.5 Å². The molecule has 8 heteroatoms. The largest absolute Gasteiger partial charge is 0.458 e. The number of amides is 3. The minimum Gasteiger partial charge on any atom is -0.458 e. The van der Waals surface area contributed by atoms with Crippen molar-refractivity contribution >= 4 is 23.9 Å². The summed E-state index contributed by atoms with van der Waals surface area (Å²) in [6.45, 7) is 10.1. The summed E-state index contributed by atoms with van der Waals surface area (Å²) in [4.78, 5) is 47.1. The Kier molecular flexibility index (Phi) is 5.75. The molecule has 0 aliphatic carbocycles. The van der Waals surface area contributed by atoms with Crippen molar-refractivity contribution in [2.75, 3.05) is 0 Å². The van der Waals surface area contributed by atoms with E-state index in [9.17, 15) is 19.2 Å². The van der Waals surface area contributed by atoms with Crippen LogP contribution in [0.15, 0.2) is 11.6 Å². The molecule has 1 rings (SSSR count). The third-order valence-electron chi connectivity index (χ3n) is 2.64. The predicted octanol–water partition coefficient (Wildman–Crippen LogP) is 1.19. The standard InChI is InChI=1S/C16H24N2O6/c1-15(2,3)23-13(21)10(17-14(22)24-16(4,5)6)7-9-8-11(19)18-12(9)20/h8,10H,7H2,1-6H3,(H,17,22)(H,18,19,20)/t10-/m0/s1. The Morgan fingerprint density at radius 3 is 2.04 bits per heavy atom. The fourth-order valence-corrected chi connectivity index (χ4v) is 1.84. The van der Waals surface area contributed by atoms with Gasteiger partial charge in [0.15, 0.2) is 0 Å². The lowest BCUT2D eigenvalue weighted by Crippen LogP contribution is -2.46. The van der Waals surface area contributed by atoms with Gasteiger partial charge in [0, 0.05) is 18.1 Å². The average Bonchev–Trinajstić information content (AvgIpc) is 2.62. The molecule has 0 spiro atoms. The van der Waals surface area contributed by atoms with Gasteiger partial charge in [-0.05, 0) is 41.5 Å². The maximum absolute atomic E-state index is 12.3. The summed E-state index contributed by atoms with van der Waals surface area (Å²) in [5.74, 6) is -1.88. The highest BCUT2D eigenvalue weighted by Crippen LogP contribution is 2.16. The van der Waals surface area contributed by atoms with E-state index in [1.165, 1.54) is 0 Å². The van der Waals surface area contributed by atoms with Crippen LogP contribution in [0.4, 0.5) is 4.79 Å². The molecule has 0 aromatic carbocycles. The van der Waals surface area contributed by atoms with Gasteiger partial charge < -0.3 is 14.8 Å². The molecule has 0 saturated carbocycles. The summed E-state index contributed by atoms with van der Waals surface area (Å²) < 4.78 is 10.4. The first-order chi connectivity index (χ1) is 10.8. The molecule has 0 radical (unpaired) electrons. The van der Waals surface area contributed by atoms with Crippen LogP contribution in [0, 0.1) is 0 Å². The zero-order valence-corrected chi connectivity index (χ0v) is 14.8. The molecule has 8 nitrogen and oxygen atoms in total. The number of alkyl carbamates (subject to hydrolysis) is 1. The molecule has 2 N–H and O–H groups in total. The summed E-state index contributed by atoms with van der Waals surface area (Å²) in [5.41, 5.74) is -1.43. The van der Waals surface area contributed by atoms with Gasteiger partial charge in [-0.1, -0.05) is 0 Å². The Bertz CT molecular complexity index is 580. The second-order valence-electron chi connectivity index (χ2n) is 7.42. The van der Waals surface area contributed by atoms with E-state index < -0.39 is 41.1 Å². The molecular weight excluding hydrogens is 316 g/mol. The zero-order valence-electron chi connectivity index (χ0n) is 14.8. The molecule has 0 unspecified atom stereocenters. The van der Waals surface area contributed by atoms with Gasteiger partial charge in [0.25, 0.3) is 11.8 Å². The Balaban J connectivity index is 2.89. The fraction of sp³-hybridized carbons (Fsp3) is 0.625. The summed E-state index contributed by atoms with van der Waals surface area (Å²) in [6, 6.07) is -1.15. The Morgan fingerprint density at radius 1 is 1.08 bits per heavy atom. The zero-order chi connectivity index (χ0) is 18.7. The number of hydrogen-bond donors (Lipinski definition) is 2. The second-order valence-corrected chi connectivity index (χ2v) is 7.42. The molecule has 0 saturated heterocycles. The Morgan fingerprint density at radius 2 is 1.62 bits per heavy atom. The van der Waals surface area contributed by atoms with Crippen molar-refractivity contribution in [3.63, 3.8) is 0 Å². The summed E-state index contributed by atoms with van der Waals surface area (Å²) in [7, 11) is 0. The van der Waals surface area contributed by atoms with Gasteiger partial charge in [-0.25, -0.2) is 9.59 Å². The van der Waals surface area contributed by atoms with Crippen molar-refractivity contribution in [3.05, 3.63) is 11.6 Å². The molecule has 0 fully saturated rings. The quantitative estimate of drug-likeness (QED) is 0.587. The van der Waals surface area contributed by atoms with Crippen LogP contribution in [0.1, 0.15) is 48.0 Å². The third-order valence-corrected chi connectivity index (χ3v) is 2.64. The number of rotatable bonds is 4. The number of ether oxygens (including phenoxy) is 2. The van der Waals surface area contributed by atoms with E-state index in [4.69, 9.17) is 9.47 Å². The lowest BCUT2D eigenvalue weighted by atomic mass is 10.1. The van der Waals surface area contributed by atoms with Crippen LogP contribution in [0.3, 0.4) is 0 Å². The van der Waals surface area contributed by atoms with Crippen LogP contribution in [-0.4, -0.2) is 41.1 Å². The van der Waals surface area contributed by atoms with Crippen LogP contribution < -0.4 is 10.6 Å². The predicted molar refractivity (Wildman–Crippen MR) is 84.9 cm³/mol. The summed E-state index contributed by atoms with van der Waals surface area (Å²) in [5, 5.41) is 4.47. The minimum atomic E-state index is -1.15. The second kappa shape index (κ2) is 7.02. The molecule has 1 aliphatic rings. The van der Waals surface area contributed by atoms with E-state index in [-0.39, 0.29) is 12.0 Å². The van der Waals surface area contributed by atoms with E-state index in [0.29, 0.717) is 0 Å². The van der Waals surface area contributed by atoms with Gasteiger partial charge in [-0.3, -0.25) is 14.9 Å². The van der Waals surface area contributed by atoms with Crippen LogP contribution in [0.5, 0.6) is 0 Å². The first kappa shape index (κ1) is 19.7. The van der Waals surface area contributed by atoms with Crippen LogP contribution in [0.2, 0.25) is 0 Å². The SMILES string of the molecule is CC(C)(C)OC(=O)N[C@@H](CC1=CC(=O)NC1=O)C(=O)OC(C)(C)C. The van der Waals surface area contributed by atoms with Gasteiger partial charge in [0.1, 0.15) is 17.2 Å². The van der Waals surface area contributed by atoms with Crippen molar-refractivity contribution in [1.29, 1.82) is 0 Å². The number of nitrogens with one attached hydrogen (secondary N) is 2. The van der Waals surface area contributed by atoms with E-state index in [1.807, 2.05) is 0 Å². The summed E-state index contributed by atoms with van der Waals surface area (Å²) >= 11 is 0. The van der Waals surface area contributed by atoms with Crippen molar-refractivity contribution in [3.8, 4) is 0 Å². The highest BCUT2D eigenvalue weighted by molar-refractivity contribution is 6.16. The topological polar surface area (TPSA) is 111 Å². The first-order valence-electron chi connectivity index (χ1n) is 7.55. The number of carbonyl (C=O) groups is 4. The number of hydrogen-bond acceptors (Lipinski definition) is 6. The molecule has 0 bridgehead atoms. The molecule has 24 heavy (non-hydrogen) atoms. The van der Waals surface area contributed by atoms with Crippen molar-refractivity contribution in [2.45, 2.75) is 65.2 Å². The lowest BCUT2D eigenvalue weighted by Gasteiger charge is -2.26. The number of esters is 1. The van der Waals surface area contributed by atoms with Gasteiger partial charge in [-0.15, -0.1) is 0 Å². The van der Waals surface area contributed by atoms with Gasteiger partial charge in [0.2, 0.25) is 0 Å². The molecule has 134 valence electrons. The molecule has 1 atom stereocenters. The summed E-state index contributed by atoms with van der Waals surface area (Å²) in [6.07, 6.45) is 0.103. The van der Waals surface area contributed by atoms with Gasteiger partial charge in [-0.2, -0.15) is 0 Å². The lowest BCUT2D eigenvalue weighted by molar-refractivity contribution is -0.157. The Hall–Kier alpha value is -2.38. The molecule has 0 aromatic heterocycles. The molecule has 1 heterocycles. The Labute approximate surface area is 140 Å². The minimum absolute atomic E-state index is 0.0897. The monoisotopic (exact) mass is 340 g/mol. The van der Waals surface area contributed by atoms with Gasteiger partial charge in [0.05, 0.1) is 0 Å². The maximum Gasteiger partial charge on any atom is 0.408 e. The molecular formula is C16H24N2O6. The van der Waals surface area contributed by atoms with Gasteiger partial charge >= 0.3 is 12.1 Å². The number of carbonyl (C=O) groups excluding carboxylic acids is 4. The smallest absolute Gasteiger partial charge is 0.408 e. The highest BCUT2D eigenvalue weighted by Gasteiger charge is 2.32. The number of imide groups is 1. The molecule has 1 aliphatic heterocycles. The molecule has 0 aromatic rings. The average molecular weight is 340 g/mol. The van der Waals surface area contributed by atoms with Crippen LogP contribution in [-0.2, 0) is 23.9 Å². The van der Waals surface area contributed by atoms with Crippen LogP contribution >= 0.6 is 0 Å². The van der Waals surface area contributed by atoms with Crippen molar-refractivity contribution < 1.29 is 28.7 Å². The van der Waals surface area contributed by atoms with E-state index in [0.717, 1.165) is 6.08 Å². The highest BCUT2D eigenvalue weighted by atomic mass is 16.6. The van der Waals surface area contributed by atoms with Crippen molar-refractivity contribution in [2.24, 2.45) is 0 Å². The third kappa shape index (κ3) is 6.80. The van der Waals surface area contributed by atoms with Crippen LogP contribution in [0.25, 0.3) is 0 Å². The van der Waals surface area contributed by atoms with E-state index in [2.05, 4.69) is 10.6 Å².